The fourth-order valence-electron chi connectivity index (χ4n) is 2.48. The van der Waals surface area contributed by atoms with E-state index in [4.69, 9.17) is 0 Å². The monoisotopic (exact) mass is 200 g/mol. The maximum absolute atomic E-state index is 2.40. The number of rotatable bonds is 2. The summed E-state index contributed by atoms with van der Waals surface area (Å²) in [6, 6.07) is 0. The van der Waals surface area contributed by atoms with E-state index in [1.54, 1.807) is 22.3 Å². The van der Waals surface area contributed by atoms with Gasteiger partial charge in [0.15, 0.2) is 0 Å². The summed E-state index contributed by atoms with van der Waals surface area (Å²) in [5.41, 5.74) is 6.33. The van der Waals surface area contributed by atoms with Crippen molar-refractivity contribution in [1.82, 2.24) is 0 Å². The number of allylic oxidation sites excluding steroid dienone is 8. The normalized spacial score (nSPS) is 21.5. The van der Waals surface area contributed by atoms with Gasteiger partial charge in [0.05, 0.1) is 0 Å². The second-order valence-electron chi connectivity index (χ2n) is 4.51. The summed E-state index contributed by atoms with van der Waals surface area (Å²) >= 11 is 0. The van der Waals surface area contributed by atoms with E-state index in [2.05, 4.69) is 38.2 Å². The standard InChI is InChI=1S/C15H20/c1-3-13-11-12(2)9-10-15(13)14-7-5-4-6-8-14/h4-5,7,11H,3,6,8-10H2,1-2H3. The molecule has 0 atom stereocenters. The molecular weight excluding hydrogens is 180 g/mol. The van der Waals surface area contributed by atoms with Gasteiger partial charge in [0, 0.05) is 0 Å². The molecule has 0 unspecified atom stereocenters. The third kappa shape index (κ3) is 2.31. The average Bonchev–Trinajstić information content (AvgIpc) is 2.30. The predicted octanol–water partition coefficient (Wildman–Crippen LogP) is 4.71. The maximum Gasteiger partial charge on any atom is -0.0236 e. The van der Waals surface area contributed by atoms with Gasteiger partial charge in [-0.25, -0.2) is 0 Å². The second kappa shape index (κ2) is 4.65. The largest absolute Gasteiger partial charge is 0.0842 e. The molecule has 0 spiro atoms. The van der Waals surface area contributed by atoms with E-state index in [1.807, 2.05) is 0 Å². The topological polar surface area (TPSA) is 0 Å². The summed E-state index contributed by atoms with van der Waals surface area (Å²) in [6.07, 6.45) is 15.3. The molecule has 0 heteroatoms. The zero-order valence-corrected chi connectivity index (χ0v) is 9.84. The minimum absolute atomic E-state index is 1.17. The van der Waals surface area contributed by atoms with E-state index in [0.29, 0.717) is 0 Å². The van der Waals surface area contributed by atoms with Crippen molar-refractivity contribution in [3.63, 3.8) is 0 Å². The quantitative estimate of drug-likeness (QED) is 0.605. The zero-order chi connectivity index (χ0) is 10.7. The molecule has 0 saturated carbocycles. The summed E-state index contributed by atoms with van der Waals surface area (Å²) in [7, 11) is 0. The molecule has 0 aromatic heterocycles. The first kappa shape index (κ1) is 10.5. The lowest BCUT2D eigenvalue weighted by Crippen LogP contribution is -2.02. The van der Waals surface area contributed by atoms with Gasteiger partial charge in [-0.05, 0) is 55.7 Å². The lowest BCUT2D eigenvalue weighted by atomic mass is 9.84. The maximum atomic E-state index is 2.40. The Balaban J connectivity index is 2.33. The Hall–Kier alpha value is -1.04. The SMILES string of the molecule is CCC1=C(C2=CC=CCC2)CCC(C)=C1. The summed E-state index contributed by atoms with van der Waals surface area (Å²) < 4.78 is 0. The number of hydrogen-bond acceptors (Lipinski definition) is 0. The highest BCUT2D eigenvalue weighted by Gasteiger charge is 2.14. The third-order valence-corrected chi connectivity index (χ3v) is 3.36. The molecule has 80 valence electrons. The van der Waals surface area contributed by atoms with Crippen molar-refractivity contribution in [1.29, 1.82) is 0 Å². The summed E-state index contributed by atoms with van der Waals surface area (Å²) in [5.74, 6) is 0. The highest BCUT2D eigenvalue weighted by atomic mass is 14.2. The molecule has 0 aromatic rings. The molecule has 0 radical (unpaired) electrons. The molecule has 2 aliphatic rings. The van der Waals surface area contributed by atoms with Gasteiger partial charge < -0.3 is 0 Å². The second-order valence-corrected chi connectivity index (χ2v) is 4.51. The Morgan fingerprint density at radius 3 is 2.73 bits per heavy atom. The average molecular weight is 200 g/mol. The van der Waals surface area contributed by atoms with Gasteiger partial charge in [-0.3, -0.25) is 0 Å². The molecular formula is C15H20. The minimum atomic E-state index is 1.17. The van der Waals surface area contributed by atoms with Crippen molar-refractivity contribution in [3.05, 3.63) is 46.6 Å². The smallest absolute Gasteiger partial charge is 0.0236 e. The van der Waals surface area contributed by atoms with Gasteiger partial charge in [-0.2, -0.15) is 0 Å². The van der Waals surface area contributed by atoms with E-state index < -0.39 is 0 Å². The molecule has 0 heterocycles. The highest BCUT2D eigenvalue weighted by Crippen LogP contribution is 2.33. The first-order valence-electron chi connectivity index (χ1n) is 6.06. The van der Waals surface area contributed by atoms with Crippen molar-refractivity contribution in [2.45, 2.75) is 46.0 Å². The summed E-state index contributed by atoms with van der Waals surface area (Å²) in [6.45, 7) is 4.52. The molecule has 0 nitrogen and oxygen atoms in total. The molecule has 0 aliphatic heterocycles. The lowest BCUT2D eigenvalue weighted by molar-refractivity contribution is 0.841. The molecule has 0 fully saturated rings. The van der Waals surface area contributed by atoms with Crippen LogP contribution in [-0.4, -0.2) is 0 Å². The van der Waals surface area contributed by atoms with Crippen LogP contribution in [0.25, 0.3) is 0 Å². The molecule has 2 aliphatic carbocycles. The van der Waals surface area contributed by atoms with E-state index in [0.717, 1.165) is 0 Å². The fourth-order valence-corrected chi connectivity index (χ4v) is 2.48. The van der Waals surface area contributed by atoms with Gasteiger partial charge in [0.25, 0.3) is 0 Å². The summed E-state index contributed by atoms with van der Waals surface area (Å²) in [4.78, 5) is 0. The van der Waals surface area contributed by atoms with Gasteiger partial charge >= 0.3 is 0 Å². The lowest BCUT2D eigenvalue weighted by Gasteiger charge is -2.21. The molecule has 0 aromatic carbocycles. The van der Waals surface area contributed by atoms with Crippen molar-refractivity contribution in [2.24, 2.45) is 0 Å². The van der Waals surface area contributed by atoms with E-state index in [1.165, 1.54) is 32.1 Å². The van der Waals surface area contributed by atoms with E-state index >= 15 is 0 Å². The molecule has 0 amide bonds. The van der Waals surface area contributed by atoms with Crippen LogP contribution in [0.4, 0.5) is 0 Å². The molecule has 0 bridgehead atoms. The van der Waals surface area contributed by atoms with Crippen molar-refractivity contribution >= 4 is 0 Å². The van der Waals surface area contributed by atoms with Crippen LogP contribution in [0.2, 0.25) is 0 Å². The highest BCUT2D eigenvalue weighted by molar-refractivity contribution is 5.46. The molecule has 15 heavy (non-hydrogen) atoms. The third-order valence-electron chi connectivity index (χ3n) is 3.36. The van der Waals surface area contributed by atoms with Crippen LogP contribution >= 0.6 is 0 Å². The van der Waals surface area contributed by atoms with Gasteiger partial charge in [0.2, 0.25) is 0 Å². The van der Waals surface area contributed by atoms with Crippen LogP contribution < -0.4 is 0 Å². The van der Waals surface area contributed by atoms with E-state index in [9.17, 15) is 0 Å². The Labute approximate surface area is 93.1 Å². The Morgan fingerprint density at radius 1 is 1.20 bits per heavy atom. The van der Waals surface area contributed by atoms with Gasteiger partial charge in [0.1, 0.15) is 0 Å². The zero-order valence-electron chi connectivity index (χ0n) is 9.84. The van der Waals surface area contributed by atoms with Crippen LogP contribution in [0, 0.1) is 0 Å². The van der Waals surface area contributed by atoms with Crippen LogP contribution in [0.15, 0.2) is 46.6 Å². The Bertz CT molecular complexity index is 361. The number of hydrogen-bond donors (Lipinski definition) is 0. The molecule has 0 N–H and O–H groups in total. The van der Waals surface area contributed by atoms with Crippen molar-refractivity contribution < 1.29 is 0 Å². The minimum Gasteiger partial charge on any atom is -0.0842 e. The Morgan fingerprint density at radius 2 is 2.07 bits per heavy atom. The van der Waals surface area contributed by atoms with Crippen molar-refractivity contribution in [3.8, 4) is 0 Å². The first-order chi connectivity index (χ1) is 7.31. The van der Waals surface area contributed by atoms with Crippen LogP contribution in [0.5, 0.6) is 0 Å². The van der Waals surface area contributed by atoms with Gasteiger partial charge in [-0.15, -0.1) is 0 Å². The van der Waals surface area contributed by atoms with Crippen LogP contribution in [0.3, 0.4) is 0 Å². The molecule has 2 rings (SSSR count). The van der Waals surface area contributed by atoms with Crippen molar-refractivity contribution in [2.75, 3.05) is 0 Å². The molecule has 0 saturated heterocycles. The van der Waals surface area contributed by atoms with Crippen LogP contribution in [0.1, 0.15) is 46.0 Å². The van der Waals surface area contributed by atoms with E-state index in [-0.39, 0.29) is 0 Å². The van der Waals surface area contributed by atoms with Gasteiger partial charge in [-0.1, -0.05) is 36.8 Å². The fraction of sp³-hybridized carbons (Fsp3) is 0.467. The Kier molecular flexibility index (Phi) is 3.25. The van der Waals surface area contributed by atoms with Crippen LogP contribution in [-0.2, 0) is 0 Å². The predicted molar refractivity (Wildman–Crippen MR) is 66.8 cm³/mol. The summed E-state index contributed by atoms with van der Waals surface area (Å²) in [5, 5.41) is 0. The first-order valence-corrected chi connectivity index (χ1v) is 6.06.